The van der Waals surface area contributed by atoms with Crippen LogP contribution in [0.15, 0.2) is 42.7 Å². The Hall–Kier alpha value is -2.76. The van der Waals surface area contributed by atoms with E-state index in [9.17, 15) is 14.9 Å². The molecule has 0 saturated heterocycles. The van der Waals surface area contributed by atoms with Crippen molar-refractivity contribution in [2.75, 3.05) is 6.61 Å². The van der Waals surface area contributed by atoms with Crippen molar-refractivity contribution >= 4 is 11.7 Å². The Balaban J connectivity index is 2.56. The molecule has 0 aliphatic carbocycles. The highest BCUT2D eigenvalue weighted by Crippen LogP contribution is 2.27. The van der Waals surface area contributed by atoms with Gasteiger partial charge in [-0.3, -0.25) is 15.1 Å². The Morgan fingerprint density at radius 2 is 2.20 bits per heavy atom. The maximum Gasteiger partial charge on any atom is 0.339 e. The highest BCUT2D eigenvalue weighted by atomic mass is 16.6. The van der Waals surface area contributed by atoms with Gasteiger partial charge in [-0.05, 0) is 24.6 Å². The lowest BCUT2D eigenvalue weighted by molar-refractivity contribution is -0.384. The molecular formula is C14H12N2O4. The number of rotatable bonds is 4. The van der Waals surface area contributed by atoms with Crippen LogP contribution in [0.1, 0.15) is 17.3 Å². The zero-order valence-electron chi connectivity index (χ0n) is 10.8. The van der Waals surface area contributed by atoms with Crippen LogP contribution in [-0.4, -0.2) is 22.5 Å². The summed E-state index contributed by atoms with van der Waals surface area (Å²) in [6, 6.07) is 7.61. The van der Waals surface area contributed by atoms with Crippen LogP contribution in [0.3, 0.4) is 0 Å². The Morgan fingerprint density at radius 1 is 1.40 bits per heavy atom. The molecule has 2 rings (SSSR count). The summed E-state index contributed by atoms with van der Waals surface area (Å²) >= 11 is 0. The van der Waals surface area contributed by atoms with Gasteiger partial charge in [0.25, 0.3) is 5.69 Å². The lowest BCUT2D eigenvalue weighted by Crippen LogP contribution is -2.07. The van der Waals surface area contributed by atoms with Gasteiger partial charge in [0.2, 0.25) is 0 Å². The van der Waals surface area contributed by atoms with Gasteiger partial charge in [-0.1, -0.05) is 6.07 Å². The van der Waals surface area contributed by atoms with Crippen molar-refractivity contribution in [1.29, 1.82) is 0 Å². The Kier molecular flexibility index (Phi) is 4.05. The fourth-order valence-electron chi connectivity index (χ4n) is 1.80. The molecule has 0 amide bonds. The van der Waals surface area contributed by atoms with Crippen LogP contribution in [0, 0.1) is 10.1 Å². The van der Waals surface area contributed by atoms with Crippen LogP contribution in [0.5, 0.6) is 0 Å². The number of hydrogen-bond acceptors (Lipinski definition) is 5. The predicted molar refractivity (Wildman–Crippen MR) is 72.3 cm³/mol. The predicted octanol–water partition coefficient (Wildman–Crippen LogP) is 2.83. The van der Waals surface area contributed by atoms with Gasteiger partial charge in [-0.15, -0.1) is 0 Å². The Bertz CT molecular complexity index is 641. The van der Waals surface area contributed by atoms with Crippen LogP contribution < -0.4 is 0 Å². The van der Waals surface area contributed by atoms with Gasteiger partial charge in [-0.2, -0.15) is 0 Å². The molecule has 0 atom stereocenters. The van der Waals surface area contributed by atoms with E-state index in [2.05, 4.69) is 4.98 Å². The number of nitrogens with zero attached hydrogens (tertiary/aromatic N) is 2. The topological polar surface area (TPSA) is 82.3 Å². The van der Waals surface area contributed by atoms with Gasteiger partial charge in [0, 0.05) is 30.1 Å². The molecular weight excluding hydrogens is 260 g/mol. The van der Waals surface area contributed by atoms with Crippen molar-refractivity contribution < 1.29 is 14.5 Å². The second-order valence-electron chi connectivity index (χ2n) is 3.95. The molecule has 0 bridgehead atoms. The van der Waals surface area contributed by atoms with E-state index in [4.69, 9.17) is 4.74 Å². The van der Waals surface area contributed by atoms with E-state index in [1.165, 1.54) is 18.2 Å². The maximum absolute atomic E-state index is 11.9. The Morgan fingerprint density at radius 3 is 2.80 bits per heavy atom. The summed E-state index contributed by atoms with van der Waals surface area (Å²) in [4.78, 5) is 26.2. The summed E-state index contributed by atoms with van der Waals surface area (Å²) in [5.74, 6) is -0.588. The van der Waals surface area contributed by atoms with Crippen molar-refractivity contribution in [3.8, 4) is 11.1 Å². The quantitative estimate of drug-likeness (QED) is 0.485. The van der Waals surface area contributed by atoms with Gasteiger partial charge in [-0.25, -0.2) is 4.79 Å². The first-order valence-corrected chi connectivity index (χ1v) is 5.99. The van der Waals surface area contributed by atoms with Crippen LogP contribution in [-0.2, 0) is 4.74 Å². The number of nitro benzene ring substituents is 1. The number of ether oxygens (including phenoxy) is 1. The van der Waals surface area contributed by atoms with E-state index in [-0.39, 0.29) is 17.9 Å². The molecule has 6 nitrogen and oxygen atoms in total. The third kappa shape index (κ3) is 2.80. The fraction of sp³-hybridized carbons (Fsp3) is 0.143. The van der Waals surface area contributed by atoms with Crippen LogP contribution in [0.2, 0.25) is 0 Å². The second kappa shape index (κ2) is 5.92. The molecule has 1 aromatic heterocycles. The van der Waals surface area contributed by atoms with E-state index >= 15 is 0 Å². The molecule has 0 aliphatic heterocycles. The van der Waals surface area contributed by atoms with Crippen LogP contribution >= 0.6 is 0 Å². The average Bonchev–Trinajstić information content (AvgIpc) is 2.47. The first-order valence-electron chi connectivity index (χ1n) is 5.99. The van der Waals surface area contributed by atoms with Gasteiger partial charge in [0.1, 0.15) is 0 Å². The summed E-state index contributed by atoms with van der Waals surface area (Å²) in [6.45, 7) is 1.88. The normalized spacial score (nSPS) is 10.1. The SMILES string of the molecule is CCOC(=O)c1cc([N+](=O)[O-])ccc1-c1cccnc1. The summed E-state index contributed by atoms with van der Waals surface area (Å²) in [7, 11) is 0. The lowest BCUT2D eigenvalue weighted by atomic mass is 10.0. The number of non-ortho nitro benzene ring substituents is 1. The summed E-state index contributed by atoms with van der Waals surface area (Å²) in [5, 5.41) is 10.8. The standard InChI is InChI=1S/C14H12N2O4/c1-2-20-14(17)13-8-11(16(18)19)5-6-12(13)10-4-3-7-15-9-10/h3-9H,2H2,1H3. The summed E-state index contributed by atoms with van der Waals surface area (Å²) in [5.41, 5.74) is 1.27. The molecule has 0 N–H and O–H groups in total. The number of aromatic nitrogens is 1. The molecule has 2 aromatic rings. The molecule has 102 valence electrons. The van der Waals surface area contributed by atoms with E-state index in [1.807, 2.05) is 0 Å². The first kappa shape index (κ1) is 13.7. The minimum Gasteiger partial charge on any atom is -0.462 e. The van der Waals surface area contributed by atoms with Crippen molar-refractivity contribution in [2.24, 2.45) is 0 Å². The lowest BCUT2D eigenvalue weighted by Gasteiger charge is -2.08. The van der Waals surface area contributed by atoms with E-state index < -0.39 is 10.9 Å². The third-order valence-corrected chi connectivity index (χ3v) is 2.68. The molecule has 0 spiro atoms. The number of benzene rings is 1. The van der Waals surface area contributed by atoms with Gasteiger partial charge < -0.3 is 4.74 Å². The maximum atomic E-state index is 11.9. The molecule has 0 aliphatic rings. The number of hydrogen-bond donors (Lipinski definition) is 0. The number of pyridine rings is 1. The largest absolute Gasteiger partial charge is 0.462 e. The number of nitro groups is 1. The van der Waals surface area contributed by atoms with Gasteiger partial charge in [0.15, 0.2) is 0 Å². The van der Waals surface area contributed by atoms with Crippen LogP contribution in [0.25, 0.3) is 11.1 Å². The fourth-order valence-corrected chi connectivity index (χ4v) is 1.80. The molecule has 1 heterocycles. The van der Waals surface area contributed by atoms with E-state index in [1.54, 1.807) is 31.5 Å². The molecule has 0 saturated carbocycles. The monoisotopic (exact) mass is 272 g/mol. The second-order valence-corrected chi connectivity index (χ2v) is 3.95. The first-order chi connectivity index (χ1) is 9.63. The Labute approximate surface area is 115 Å². The van der Waals surface area contributed by atoms with Crippen molar-refractivity contribution in [2.45, 2.75) is 6.92 Å². The van der Waals surface area contributed by atoms with Crippen molar-refractivity contribution in [1.82, 2.24) is 4.98 Å². The smallest absolute Gasteiger partial charge is 0.339 e. The highest BCUT2D eigenvalue weighted by molar-refractivity contribution is 5.98. The highest BCUT2D eigenvalue weighted by Gasteiger charge is 2.18. The van der Waals surface area contributed by atoms with E-state index in [0.29, 0.717) is 11.1 Å². The third-order valence-electron chi connectivity index (χ3n) is 2.68. The molecule has 0 fully saturated rings. The number of esters is 1. The molecule has 0 radical (unpaired) electrons. The summed E-state index contributed by atoms with van der Waals surface area (Å²) < 4.78 is 4.94. The van der Waals surface area contributed by atoms with Gasteiger partial charge in [0.05, 0.1) is 17.1 Å². The molecule has 20 heavy (non-hydrogen) atoms. The van der Waals surface area contributed by atoms with Crippen molar-refractivity contribution in [3.63, 3.8) is 0 Å². The zero-order valence-corrected chi connectivity index (χ0v) is 10.8. The number of carbonyl (C=O) groups is 1. The molecule has 6 heteroatoms. The van der Waals surface area contributed by atoms with Crippen molar-refractivity contribution in [3.05, 3.63) is 58.4 Å². The summed E-state index contributed by atoms with van der Waals surface area (Å²) in [6.07, 6.45) is 3.20. The molecule has 0 unspecified atom stereocenters. The zero-order chi connectivity index (χ0) is 14.5. The minimum atomic E-state index is -0.588. The minimum absolute atomic E-state index is 0.152. The average molecular weight is 272 g/mol. The number of carbonyl (C=O) groups excluding carboxylic acids is 1. The van der Waals surface area contributed by atoms with Crippen LogP contribution in [0.4, 0.5) is 5.69 Å². The van der Waals surface area contributed by atoms with E-state index in [0.717, 1.165) is 0 Å². The molecule has 1 aromatic carbocycles. The van der Waals surface area contributed by atoms with Gasteiger partial charge >= 0.3 is 5.97 Å².